The predicted octanol–water partition coefficient (Wildman–Crippen LogP) is 7.02. The van der Waals surface area contributed by atoms with Gasteiger partial charge in [0.1, 0.15) is 16.1 Å². The number of H-pyrrole nitrogens is 1. The number of pyridine rings is 1. The zero-order valence-electron chi connectivity index (χ0n) is 20.8. The quantitative estimate of drug-likeness (QED) is 0.294. The molecule has 1 saturated carbocycles. The largest absolute Gasteiger partial charge is 0.496 e. The molecule has 4 aromatic rings. The number of carbonyl (C=O) groups is 1. The highest BCUT2D eigenvalue weighted by molar-refractivity contribution is 7.17. The van der Waals surface area contributed by atoms with Gasteiger partial charge in [-0.25, -0.2) is 4.79 Å². The van der Waals surface area contributed by atoms with Crippen LogP contribution in [0, 0.1) is 0 Å². The van der Waals surface area contributed by atoms with E-state index in [-0.39, 0.29) is 11.0 Å². The number of thiophene rings is 1. The Morgan fingerprint density at radius 3 is 2.53 bits per heavy atom. The third kappa shape index (κ3) is 4.35. The molecule has 2 heterocycles. The maximum atomic E-state index is 12.6. The van der Waals surface area contributed by atoms with Gasteiger partial charge in [-0.3, -0.25) is 4.79 Å². The molecular formula is C28H29ClN2O4S. The van der Waals surface area contributed by atoms with Crippen molar-refractivity contribution in [1.82, 2.24) is 10.3 Å². The summed E-state index contributed by atoms with van der Waals surface area (Å²) in [6, 6.07) is 12.1. The summed E-state index contributed by atoms with van der Waals surface area (Å²) in [6.07, 6.45) is 2.74. The highest BCUT2D eigenvalue weighted by atomic mass is 35.5. The lowest BCUT2D eigenvalue weighted by atomic mass is 9.64. The van der Waals surface area contributed by atoms with Gasteiger partial charge in [-0.2, -0.15) is 0 Å². The summed E-state index contributed by atoms with van der Waals surface area (Å²) in [5.41, 5.74) is 2.85. The molecule has 1 aliphatic rings. The number of hydrogen-bond acceptors (Lipinski definition) is 5. The highest BCUT2D eigenvalue weighted by Crippen LogP contribution is 2.46. The van der Waals surface area contributed by atoms with Gasteiger partial charge in [0.25, 0.3) is 5.56 Å². The molecular weight excluding hydrogens is 496 g/mol. The van der Waals surface area contributed by atoms with E-state index in [2.05, 4.69) is 34.6 Å². The smallest absolute Gasteiger partial charge is 0.407 e. The minimum absolute atomic E-state index is 0.104. The predicted molar refractivity (Wildman–Crippen MR) is 147 cm³/mol. The van der Waals surface area contributed by atoms with Crippen LogP contribution in [0.25, 0.3) is 32.1 Å². The van der Waals surface area contributed by atoms with Crippen molar-refractivity contribution in [3.63, 3.8) is 0 Å². The number of hydrogen-bond donors (Lipinski definition) is 2. The Morgan fingerprint density at radius 2 is 1.92 bits per heavy atom. The van der Waals surface area contributed by atoms with Crippen LogP contribution >= 0.6 is 22.9 Å². The number of carbonyl (C=O) groups excluding carboxylic acids is 1. The van der Waals surface area contributed by atoms with Gasteiger partial charge in [0.2, 0.25) is 0 Å². The first kappa shape index (κ1) is 24.7. The van der Waals surface area contributed by atoms with Gasteiger partial charge < -0.3 is 19.8 Å². The van der Waals surface area contributed by atoms with E-state index in [9.17, 15) is 9.59 Å². The third-order valence-corrected chi connectivity index (χ3v) is 8.12. The van der Waals surface area contributed by atoms with E-state index in [1.807, 2.05) is 32.2 Å². The average Bonchev–Trinajstić information content (AvgIpc) is 3.29. The van der Waals surface area contributed by atoms with Gasteiger partial charge in [0.15, 0.2) is 0 Å². The first-order valence-electron chi connectivity index (χ1n) is 12.0. The molecule has 2 aromatic heterocycles. The van der Waals surface area contributed by atoms with E-state index in [0.29, 0.717) is 27.5 Å². The minimum Gasteiger partial charge on any atom is -0.496 e. The number of amides is 1. The number of rotatable bonds is 5. The maximum Gasteiger partial charge on any atom is 0.407 e. The van der Waals surface area contributed by atoms with Crippen LogP contribution in [-0.2, 0) is 10.2 Å². The molecule has 6 nitrogen and oxygen atoms in total. The number of alkyl carbamates (subject to hydrolysis) is 1. The molecule has 1 aliphatic carbocycles. The summed E-state index contributed by atoms with van der Waals surface area (Å²) in [5, 5.41) is 7.05. The molecule has 2 aromatic carbocycles. The van der Waals surface area contributed by atoms with Gasteiger partial charge in [-0.1, -0.05) is 42.3 Å². The van der Waals surface area contributed by atoms with Crippen LogP contribution in [0.1, 0.15) is 45.6 Å². The van der Waals surface area contributed by atoms with Crippen molar-refractivity contribution in [2.45, 2.75) is 51.0 Å². The van der Waals surface area contributed by atoms with Gasteiger partial charge >= 0.3 is 6.09 Å². The second-order valence-electron chi connectivity index (χ2n) is 10.4. The second-order valence-corrected chi connectivity index (χ2v) is 11.7. The fourth-order valence-corrected chi connectivity index (χ4v) is 6.07. The van der Waals surface area contributed by atoms with Crippen LogP contribution < -0.4 is 15.6 Å². The Bertz CT molecular complexity index is 1510. The molecule has 8 heteroatoms. The van der Waals surface area contributed by atoms with E-state index in [1.54, 1.807) is 13.2 Å². The molecule has 1 fully saturated rings. The molecule has 0 aliphatic heterocycles. The number of fused-ring (bicyclic) bond motifs is 3. The van der Waals surface area contributed by atoms with Gasteiger partial charge in [-0.05, 0) is 56.2 Å². The number of benzene rings is 2. The van der Waals surface area contributed by atoms with E-state index < -0.39 is 11.7 Å². The molecule has 0 bridgehead atoms. The molecule has 0 unspecified atom stereocenters. The number of ether oxygens (including phenoxy) is 2. The topological polar surface area (TPSA) is 80.4 Å². The normalized spacial score (nSPS) is 15.0. The fraction of sp³-hybridized carbons (Fsp3) is 0.357. The number of methoxy groups -OCH3 is 1. The number of aromatic amines is 1. The van der Waals surface area contributed by atoms with Crippen molar-refractivity contribution in [3.05, 3.63) is 62.7 Å². The van der Waals surface area contributed by atoms with E-state index in [0.717, 1.165) is 41.2 Å². The third-order valence-electron chi connectivity index (χ3n) is 6.91. The van der Waals surface area contributed by atoms with Crippen LogP contribution in [0.4, 0.5) is 4.79 Å². The van der Waals surface area contributed by atoms with Gasteiger partial charge in [0.05, 0.1) is 17.6 Å². The Labute approximate surface area is 218 Å². The lowest BCUT2D eigenvalue weighted by Gasteiger charge is -2.42. The van der Waals surface area contributed by atoms with E-state index >= 15 is 0 Å². The first-order valence-corrected chi connectivity index (χ1v) is 13.3. The molecule has 188 valence electrons. The molecule has 36 heavy (non-hydrogen) atoms. The van der Waals surface area contributed by atoms with Crippen molar-refractivity contribution in [2.24, 2.45) is 0 Å². The summed E-state index contributed by atoms with van der Waals surface area (Å²) in [4.78, 5) is 27.8. The second kappa shape index (κ2) is 9.12. The zero-order chi connectivity index (χ0) is 25.7. The summed E-state index contributed by atoms with van der Waals surface area (Å²) in [7, 11) is 1.62. The van der Waals surface area contributed by atoms with Crippen molar-refractivity contribution in [3.8, 4) is 16.9 Å². The lowest BCUT2D eigenvalue weighted by molar-refractivity contribution is 0.0499. The molecule has 0 atom stereocenters. The minimum atomic E-state index is -0.531. The lowest BCUT2D eigenvalue weighted by Crippen LogP contribution is -2.46. The molecule has 0 saturated heterocycles. The summed E-state index contributed by atoms with van der Waals surface area (Å²) >= 11 is 7.97. The van der Waals surface area contributed by atoms with Crippen molar-refractivity contribution in [1.29, 1.82) is 0 Å². The summed E-state index contributed by atoms with van der Waals surface area (Å²) in [6.45, 7) is 6.11. The Kier molecular flexibility index (Phi) is 6.25. The summed E-state index contributed by atoms with van der Waals surface area (Å²) < 4.78 is 11.8. The zero-order valence-corrected chi connectivity index (χ0v) is 22.4. The number of aromatic nitrogens is 1. The van der Waals surface area contributed by atoms with Crippen molar-refractivity contribution in [2.75, 3.05) is 13.7 Å². The summed E-state index contributed by atoms with van der Waals surface area (Å²) in [5.74, 6) is 0.643. The van der Waals surface area contributed by atoms with Crippen LogP contribution in [-0.4, -0.2) is 30.3 Å². The highest BCUT2D eigenvalue weighted by Gasteiger charge is 2.39. The van der Waals surface area contributed by atoms with Gasteiger partial charge in [0, 0.05) is 34.4 Å². The SMILES string of the molecule is COc1cc(Cl)c2[nH]c(=O)c3sccc3c2c1-c1ccc(C2(CNC(=O)OC(C)(C)C)CCC2)cc1. The Balaban J connectivity index is 1.54. The van der Waals surface area contributed by atoms with Crippen LogP contribution in [0.3, 0.4) is 0 Å². The standard InChI is InChI=1S/C28H29ClN2O4S/c1-27(2,3)35-26(33)30-15-28(11-5-12-28)17-8-6-16(7-9-17)21-20(34-4)14-19(29)23-22(21)18-10-13-36-24(18)25(32)31-23/h6-10,13-14H,5,11-12,15H2,1-4H3,(H,30,33)(H,31,32). The molecule has 0 radical (unpaired) electrons. The van der Waals surface area contributed by atoms with Crippen LogP contribution in [0.2, 0.25) is 5.02 Å². The van der Waals surface area contributed by atoms with Crippen molar-refractivity contribution < 1.29 is 14.3 Å². The van der Waals surface area contributed by atoms with E-state index in [4.69, 9.17) is 21.1 Å². The van der Waals surface area contributed by atoms with Crippen LogP contribution in [0.15, 0.2) is 46.6 Å². The monoisotopic (exact) mass is 524 g/mol. The van der Waals surface area contributed by atoms with E-state index in [1.165, 1.54) is 16.9 Å². The first-order chi connectivity index (χ1) is 17.1. The Morgan fingerprint density at radius 1 is 1.19 bits per heavy atom. The molecule has 2 N–H and O–H groups in total. The maximum absolute atomic E-state index is 12.6. The fourth-order valence-electron chi connectivity index (χ4n) is 5.04. The molecule has 0 spiro atoms. The average molecular weight is 525 g/mol. The van der Waals surface area contributed by atoms with Crippen LogP contribution in [0.5, 0.6) is 5.75 Å². The Hall–Kier alpha value is -3.03. The van der Waals surface area contributed by atoms with Crippen molar-refractivity contribution >= 4 is 50.0 Å². The molecule has 1 amide bonds. The molecule has 5 rings (SSSR count). The number of halogens is 1. The number of nitrogens with one attached hydrogen (secondary N) is 2. The van der Waals surface area contributed by atoms with Gasteiger partial charge in [-0.15, -0.1) is 11.3 Å².